The number of methoxy groups -OCH3 is 1. The first-order chi connectivity index (χ1) is 16.5. The van der Waals surface area contributed by atoms with Gasteiger partial charge in [0.1, 0.15) is 11.6 Å². The van der Waals surface area contributed by atoms with Crippen LogP contribution in [-0.2, 0) is 9.59 Å². The molecule has 0 bridgehead atoms. The summed E-state index contributed by atoms with van der Waals surface area (Å²) >= 11 is 0. The third-order valence-corrected chi connectivity index (χ3v) is 6.60. The van der Waals surface area contributed by atoms with Crippen molar-refractivity contribution in [3.05, 3.63) is 101 Å². The third-order valence-electron chi connectivity index (χ3n) is 6.60. The molecule has 1 amide bonds. The van der Waals surface area contributed by atoms with Gasteiger partial charge in [-0.3, -0.25) is 14.5 Å². The number of para-hydroxylation sites is 2. The molecule has 0 spiro atoms. The fourth-order valence-corrected chi connectivity index (χ4v) is 5.01. The van der Waals surface area contributed by atoms with Gasteiger partial charge in [-0.25, -0.2) is 4.39 Å². The number of amides is 1. The molecule has 1 heterocycles. The van der Waals surface area contributed by atoms with Crippen molar-refractivity contribution in [1.82, 2.24) is 0 Å². The van der Waals surface area contributed by atoms with Crippen LogP contribution in [0.25, 0.3) is 0 Å². The highest BCUT2D eigenvalue weighted by atomic mass is 19.1. The fourth-order valence-electron chi connectivity index (χ4n) is 5.01. The standard InChI is InChI=1S/C28H25FN2O3/c1-17(32)31-25-6-4-3-5-23(25)30-24-15-20(18-9-13-22(34-2)14-10-18)16-26(33)27(24)28(31)19-7-11-21(29)12-8-19/h3-14,20,28,30H,15-16H2,1-2H3/t20-,28-/m1/s1. The Balaban J connectivity index is 1.66. The summed E-state index contributed by atoms with van der Waals surface area (Å²) in [6, 6.07) is 20.7. The maximum atomic E-state index is 13.8. The molecule has 0 fully saturated rings. The van der Waals surface area contributed by atoms with Gasteiger partial charge in [-0.15, -0.1) is 0 Å². The van der Waals surface area contributed by atoms with E-state index in [0.29, 0.717) is 29.7 Å². The van der Waals surface area contributed by atoms with E-state index in [2.05, 4.69) is 5.32 Å². The minimum absolute atomic E-state index is 0.00503. The number of allylic oxidation sites excluding steroid dienone is 1. The Labute approximate surface area is 197 Å². The first-order valence-electron chi connectivity index (χ1n) is 11.3. The minimum atomic E-state index is -0.645. The second-order valence-electron chi connectivity index (χ2n) is 8.68. The van der Waals surface area contributed by atoms with Crippen molar-refractivity contribution >= 4 is 23.1 Å². The molecular weight excluding hydrogens is 431 g/mol. The van der Waals surface area contributed by atoms with Crippen LogP contribution in [0.15, 0.2) is 84.1 Å². The van der Waals surface area contributed by atoms with Crippen molar-refractivity contribution in [3.8, 4) is 5.75 Å². The monoisotopic (exact) mass is 456 g/mol. The maximum Gasteiger partial charge on any atom is 0.224 e. The lowest BCUT2D eigenvalue weighted by Gasteiger charge is -2.34. The van der Waals surface area contributed by atoms with Gasteiger partial charge in [0.2, 0.25) is 5.91 Å². The molecule has 0 aromatic heterocycles. The SMILES string of the molecule is COc1ccc([C@H]2CC(=O)C3=C(C2)Nc2ccccc2N(C(C)=O)[C@@H]3c2ccc(F)cc2)cc1. The number of nitrogens with zero attached hydrogens (tertiary/aromatic N) is 1. The number of fused-ring (bicyclic) bond motifs is 1. The molecule has 0 unspecified atom stereocenters. The van der Waals surface area contributed by atoms with Crippen LogP contribution in [0.3, 0.4) is 0 Å². The van der Waals surface area contributed by atoms with Crippen LogP contribution in [0.1, 0.15) is 42.9 Å². The number of halogens is 1. The normalized spacial score (nSPS) is 19.6. The highest BCUT2D eigenvalue weighted by molar-refractivity contribution is 6.06. The molecule has 0 radical (unpaired) electrons. The van der Waals surface area contributed by atoms with Gasteiger partial charge in [0.15, 0.2) is 5.78 Å². The van der Waals surface area contributed by atoms with Crippen molar-refractivity contribution in [3.63, 3.8) is 0 Å². The third kappa shape index (κ3) is 3.85. The lowest BCUT2D eigenvalue weighted by Crippen LogP contribution is -2.37. The van der Waals surface area contributed by atoms with E-state index >= 15 is 0 Å². The quantitative estimate of drug-likeness (QED) is 0.545. The van der Waals surface area contributed by atoms with Crippen molar-refractivity contribution in [1.29, 1.82) is 0 Å². The molecule has 2 aliphatic rings. The van der Waals surface area contributed by atoms with Crippen LogP contribution in [-0.4, -0.2) is 18.8 Å². The molecule has 0 saturated carbocycles. The predicted octanol–water partition coefficient (Wildman–Crippen LogP) is 5.75. The van der Waals surface area contributed by atoms with Gasteiger partial charge in [0.25, 0.3) is 0 Å². The molecule has 1 N–H and O–H groups in total. The van der Waals surface area contributed by atoms with E-state index in [1.54, 1.807) is 24.1 Å². The zero-order valence-electron chi connectivity index (χ0n) is 19.0. The Kier molecular flexibility index (Phi) is 5.65. The Bertz CT molecular complexity index is 1280. The summed E-state index contributed by atoms with van der Waals surface area (Å²) < 4.78 is 19.0. The number of ketones is 1. The van der Waals surface area contributed by atoms with Crippen LogP contribution in [0, 0.1) is 5.82 Å². The smallest absolute Gasteiger partial charge is 0.224 e. The van der Waals surface area contributed by atoms with E-state index in [1.807, 2.05) is 48.5 Å². The second-order valence-corrected chi connectivity index (χ2v) is 8.68. The van der Waals surface area contributed by atoms with E-state index < -0.39 is 6.04 Å². The molecule has 34 heavy (non-hydrogen) atoms. The maximum absolute atomic E-state index is 13.8. The number of hydrogen-bond acceptors (Lipinski definition) is 4. The zero-order valence-corrected chi connectivity index (χ0v) is 19.0. The predicted molar refractivity (Wildman–Crippen MR) is 129 cm³/mol. The molecule has 2 atom stereocenters. The average molecular weight is 457 g/mol. The lowest BCUT2D eigenvalue weighted by atomic mass is 9.78. The molecule has 5 rings (SSSR count). The fraction of sp³-hybridized carbons (Fsp3) is 0.214. The summed E-state index contributed by atoms with van der Waals surface area (Å²) in [6.45, 7) is 1.49. The van der Waals surface area contributed by atoms with Crippen molar-refractivity contribution in [2.75, 3.05) is 17.3 Å². The summed E-state index contributed by atoms with van der Waals surface area (Å²) in [7, 11) is 1.62. The van der Waals surface area contributed by atoms with Gasteiger partial charge < -0.3 is 10.1 Å². The molecular formula is C28H25FN2O3. The summed E-state index contributed by atoms with van der Waals surface area (Å²) in [4.78, 5) is 28.3. The number of carbonyl (C=O) groups is 2. The average Bonchev–Trinajstić information content (AvgIpc) is 2.99. The van der Waals surface area contributed by atoms with E-state index in [4.69, 9.17) is 4.74 Å². The van der Waals surface area contributed by atoms with Crippen LogP contribution in [0.4, 0.5) is 15.8 Å². The Morgan fingerprint density at radius 1 is 0.971 bits per heavy atom. The summed E-state index contributed by atoms with van der Waals surface area (Å²) in [5.41, 5.74) is 4.55. The Morgan fingerprint density at radius 3 is 2.32 bits per heavy atom. The first kappa shape index (κ1) is 21.9. The number of carbonyl (C=O) groups excluding carboxylic acids is 2. The number of ether oxygens (including phenoxy) is 1. The van der Waals surface area contributed by atoms with Gasteiger partial charge in [-0.05, 0) is 59.9 Å². The summed E-state index contributed by atoms with van der Waals surface area (Å²) in [5, 5.41) is 3.48. The summed E-state index contributed by atoms with van der Waals surface area (Å²) in [6.07, 6.45) is 0.942. The number of hydrogen-bond donors (Lipinski definition) is 1. The Morgan fingerprint density at radius 2 is 1.65 bits per heavy atom. The van der Waals surface area contributed by atoms with Crippen molar-refractivity contribution in [2.45, 2.75) is 31.7 Å². The molecule has 5 nitrogen and oxygen atoms in total. The van der Waals surface area contributed by atoms with Crippen LogP contribution in [0.5, 0.6) is 5.75 Å². The van der Waals surface area contributed by atoms with Gasteiger partial charge in [0.05, 0.1) is 24.5 Å². The number of nitrogens with one attached hydrogen (secondary N) is 1. The van der Waals surface area contributed by atoms with Crippen LogP contribution < -0.4 is 15.0 Å². The number of benzene rings is 3. The minimum Gasteiger partial charge on any atom is -0.497 e. The molecule has 1 aliphatic carbocycles. The van der Waals surface area contributed by atoms with E-state index in [0.717, 1.165) is 22.7 Å². The van der Waals surface area contributed by atoms with Crippen molar-refractivity contribution < 1.29 is 18.7 Å². The zero-order chi connectivity index (χ0) is 23.8. The largest absolute Gasteiger partial charge is 0.497 e. The second kappa shape index (κ2) is 8.78. The van der Waals surface area contributed by atoms with E-state index in [-0.39, 0.29) is 23.4 Å². The van der Waals surface area contributed by atoms with Crippen molar-refractivity contribution in [2.24, 2.45) is 0 Å². The highest BCUT2D eigenvalue weighted by Crippen LogP contribution is 2.47. The first-order valence-corrected chi connectivity index (χ1v) is 11.3. The molecule has 3 aromatic rings. The van der Waals surface area contributed by atoms with Crippen LogP contribution >= 0.6 is 0 Å². The molecule has 6 heteroatoms. The molecule has 0 saturated heterocycles. The molecule has 1 aliphatic heterocycles. The van der Waals surface area contributed by atoms with Gasteiger partial charge in [-0.2, -0.15) is 0 Å². The number of Topliss-reactive ketones (excluding diaryl/α,β-unsaturated/α-hetero) is 1. The molecule has 3 aromatic carbocycles. The Hall–Kier alpha value is -3.93. The lowest BCUT2D eigenvalue weighted by molar-refractivity contribution is -0.117. The van der Waals surface area contributed by atoms with E-state index in [1.165, 1.54) is 19.1 Å². The summed E-state index contributed by atoms with van der Waals surface area (Å²) in [5.74, 6) is 0.176. The van der Waals surface area contributed by atoms with E-state index in [9.17, 15) is 14.0 Å². The number of anilines is 2. The number of rotatable bonds is 3. The topological polar surface area (TPSA) is 58.6 Å². The van der Waals surface area contributed by atoms with Gasteiger partial charge >= 0.3 is 0 Å². The van der Waals surface area contributed by atoms with Gasteiger partial charge in [-0.1, -0.05) is 36.4 Å². The van der Waals surface area contributed by atoms with Gasteiger partial charge in [0, 0.05) is 24.6 Å². The van der Waals surface area contributed by atoms with Crippen LogP contribution in [0.2, 0.25) is 0 Å². The molecule has 172 valence electrons. The highest BCUT2D eigenvalue weighted by Gasteiger charge is 2.40.